The quantitative estimate of drug-likeness (QED) is 0.392. The van der Waals surface area contributed by atoms with Gasteiger partial charge in [0.1, 0.15) is 5.82 Å². The minimum atomic E-state index is -5.10. The number of rotatable bonds is 6. The Bertz CT molecular complexity index is 1430. The first-order valence-electron chi connectivity index (χ1n) is 13.7. The summed E-state index contributed by atoms with van der Waals surface area (Å²) in [5.74, 6) is -1.79. The normalized spacial score (nSPS) is 19.5. The van der Waals surface area contributed by atoms with Crippen LogP contribution in [0.4, 0.5) is 17.6 Å². The third-order valence-corrected chi connectivity index (χ3v) is 8.64. The van der Waals surface area contributed by atoms with Gasteiger partial charge < -0.3 is 15.3 Å². The van der Waals surface area contributed by atoms with Crippen molar-refractivity contribution in [2.75, 3.05) is 13.1 Å². The molecule has 1 aliphatic heterocycles. The van der Waals surface area contributed by atoms with Crippen molar-refractivity contribution < 1.29 is 32.3 Å². The van der Waals surface area contributed by atoms with Gasteiger partial charge in [-0.25, -0.2) is 4.39 Å². The second-order valence-corrected chi connectivity index (χ2v) is 11.3. The van der Waals surface area contributed by atoms with Crippen molar-refractivity contribution in [2.24, 2.45) is 0 Å². The van der Waals surface area contributed by atoms with E-state index >= 15 is 0 Å². The number of likely N-dealkylation sites (tertiary alicyclic amines) is 1. The molecule has 1 spiro atoms. The molecular weight excluding hydrogens is 536 g/mol. The fourth-order valence-corrected chi connectivity index (χ4v) is 6.11. The van der Waals surface area contributed by atoms with E-state index in [0.29, 0.717) is 45.7 Å². The molecule has 2 amide bonds. The number of carbonyl (C=O) groups excluding carboxylic acids is 2. The Morgan fingerprint density at radius 2 is 1.56 bits per heavy atom. The number of nitrogens with zero attached hydrogens (tertiary/aromatic N) is 1. The minimum Gasteiger partial charge on any atom is -0.373 e. The number of halogens is 4. The predicted octanol–water partition coefficient (Wildman–Crippen LogP) is 5.39. The largest absolute Gasteiger partial charge is 0.426 e. The molecule has 1 fully saturated rings. The van der Waals surface area contributed by atoms with Crippen LogP contribution in [0.15, 0.2) is 72.8 Å². The van der Waals surface area contributed by atoms with Crippen molar-refractivity contribution in [2.45, 2.75) is 62.3 Å². The topological polar surface area (TPSA) is 69.6 Å². The molecule has 1 saturated heterocycles. The second kappa shape index (κ2) is 10.9. The van der Waals surface area contributed by atoms with Crippen molar-refractivity contribution in [3.8, 4) is 0 Å². The van der Waals surface area contributed by atoms with Crippen molar-refractivity contribution in [1.82, 2.24) is 10.2 Å². The Hall–Kier alpha value is -3.72. The monoisotopic (exact) mass is 568 g/mol. The molecule has 1 aliphatic carbocycles. The predicted molar refractivity (Wildman–Crippen MR) is 145 cm³/mol. The Labute approximate surface area is 236 Å². The van der Waals surface area contributed by atoms with Crippen LogP contribution in [-0.4, -0.2) is 46.7 Å². The number of hydrogen-bond donors (Lipinski definition) is 2. The van der Waals surface area contributed by atoms with Crippen LogP contribution in [0.5, 0.6) is 0 Å². The molecule has 0 saturated carbocycles. The summed E-state index contributed by atoms with van der Waals surface area (Å²) in [5, 5.41) is 12.3. The van der Waals surface area contributed by atoms with Gasteiger partial charge in [-0.3, -0.25) is 9.59 Å². The zero-order chi connectivity index (χ0) is 29.4. The van der Waals surface area contributed by atoms with Crippen LogP contribution in [0.25, 0.3) is 0 Å². The van der Waals surface area contributed by atoms with E-state index in [2.05, 4.69) is 5.32 Å². The van der Waals surface area contributed by atoms with Gasteiger partial charge in [-0.05, 0) is 72.6 Å². The fraction of sp³-hybridized carbons (Fsp3) is 0.375. The maximum absolute atomic E-state index is 13.4. The summed E-state index contributed by atoms with van der Waals surface area (Å²) in [6.45, 7) is 1.42. The van der Waals surface area contributed by atoms with Crippen LogP contribution in [0.2, 0.25) is 0 Å². The van der Waals surface area contributed by atoms with E-state index in [1.807, 2.05) is 41.3 Å². The van der Waals surface area contributed by atoms with Crippen LogP contribution in [0.1, 0.15) is 60.0 Å². The van der Waals surface area contributed by atoms with Crippen molar-refractivity contribution in [3.05, 3.63) is 106 Å². The summed E-state index contributed by atoms with van der Waals surface area (Å²) in [4.78, 5) is 27.7. The molecule has 0 aromatic heterocycles. The maximum Gasteiger partial charge on any atom is 0.426 e. The molecule has 9 heteroatoms. The lowest BCUT2D eigenvalue weighted by Gasteiger charge is -2.40. The van der Waals surface area contributed by atoms with Gasteiger partial charge in [-0.1, -0.05) is 60.7 Å². The first-order chi connectivity index (χ1) is 19.4. The number of fused-ring (bicyclic) bond motifs is 2. The number of benzene rings is 3. The summed E-state index contributed by atoms with van der Waals surface area (Å²) in [6, 6.07) is 20.7. The number of nitrogens with one attached hydrogen (secondary N) is 1. The SMILES string of the molecule is CC(O)(C(=O)NC1CC2(CCN(C(=O)Cc3ccccc3Cc3ccc(F)cc3)CC2)c2ccccc21)C(F)(F)F. The number of amides is 2. The summed E-state index contributed by atoms with van der Waals surface area (Å²) in [7, 11) is 0. The van der Waals surface area contributed by atoms with Gasteiger partial charge in [0.2, 0.25) is 11.5 Å². The van der Waals surface area contributed by atoms with Crippen LogP contribution < -0.4 is 5.32 Å². The highest BCUT2D eigenvalue weighted by Crippen LogP contribution is 2.51. The van der Waals surface area contributed by atoms with E-state index < -0.39 is 29.1 Å². The van der Waals surface area contributed by atoms with E-state index in [-0.39, 0.29) is 18.1 Å². The average Bonchev–Trinajstić information content (AvgIpc) is 3.23. The highest BCUT2D eigenvalue weighted by Gasteiger charge is 2.57. The highest BCUT2D eigenvalue weighted by atomic mass is 19.4. The second-order valence-electron chi connectivity index (χ2n) is 11.3. The van der Waals surface area contributed by atoms with Crippen LogP contribution in [-0.2, 0) is 27.8 Å². The Morgan fingerprint density at radius 1 is 0.951 bits per heavy atom. The lowest BCUT2D eigenvalue weighted by molar-refractivity contribution is -0.245. The molecule has 5 nitrogen and oxygen atoms in total. The zero-order valence-electron chi connectivity index (χ0n) is 22.7. The number of piperidine rings is 1. The molecule has 5 rings (SSSR count). The molecule has 3 aromatic rings. The molecule has 2 N–H and O–H groups in total. The third kappa shape index (κ3) is 5.73. The molecule has 2 atom stereocenters. The van der Waals surface area contributed by atoms with Crippen LogP contribution >= 0.6 is 0 Å². The van der Waals surface area contributed by atoms with Crippen LogP contribution in [0.3, 0.4) is 0 Å². The summed E-state index contributed by atoms with van der Waals surface area (Å²) < 4.78 is 53.1. The van der Waals surface area contributed by atoms with Crippen molar-refractivity contribution in [1.29, 1.82) is 0 Å². The van der Waals surface area contributed by atoms with Gasteiger partial charge in [0.05, 0.1) is 12.5 Å². The fourth-order valence-electron chi connectivity index (χ4n) is 6.11. The molecule has 0 radical (unpaired) electrons. The Kier molecular flexibility index (Phi) is 7.68. The average molecular weight is 569 g/mol. The lowest BCUT2D eigenvalue weighted by Crippen LogP contribution is -2.55. The first kappa shape index (κ1) is 28.8. The lowest BCUT2D eigenvalue weighted by atomic mass is 9.73. The van der Waals surface area contributed by atoms with E-state index in [4.69, 9.17) is 0 Å². The number of carbonyl (C=O) groups is 2. The smallest absolute Gasteiger partial charge is 0.373 e. The summed E-state index contributed by atoms with van der Waals surface area (Å²) in [5.41, 5.74) is 0.675. The summed E-state index contributed by atoms with van der Waals surface area (Å²) >= 11 is 0. The number of alkyl halides is 3. The first-order valence-corrected chi connectivity index (χ1v) is 13.7. The van der Waals surface area contributed by atoms with Crippen LogP contribution in [0, 0.1) is 5.82 Å². The van der Waals surface area contributed by atoms with Gasteiger partial charge in [-0.2, -0.15) is 13.2 Å². The molecular formula is C32H32F4N2O3. The number of aliphatic hydroxyl groups is 1. The molecule has 41 heavy (non-hydrogen) atoms. The molecule has 216 valence electrons. The van der Waals surface area contributed by atoms with Gasteiger partial charge in [0.25, 0.3) is 5.91 Å². The molecule has 3 aromatic carbocycles. The molecule has 2 aliphatic rings. The van der Waals surface area contributed by atoms with E-state index in [1.165, 1.54) is 12.1 Å². The van der Waals surface area contributed by atoms with Gasteiger partial charge >= 0.3 is 6.18 Å². The van der Waals surface area contributed by atoms with Gasteiger partial charge in [0, 0.05) is 18.5 Å². The standard InChI is InChI=1S/C32H32F4N2O3/c1-30(41,32(34,35)36)29(40)37-27-20-31(26-9-5-4-8-25(26)27)14-16-38(17-15-31)28(39)19-23-7-3-2-6-22(23)18-21-10-12-24(33)13-11-21/h2-13,27,41H,14-20H2,1H3,(H,37,40). The Balaban J connectivity index is 1.26. The van der Waals surface area contributed by atoms with Crippen molar-refractivity contribution in [3.63, 3.8) is 0 Å². The highest BCUT2D eigenvalue weighted by molar-refractivity contribution is 5.86. The zero-order valence-corrected chi connectivity index (χ0v) is 22.7. The summed E-state index contributed by atoms with van der Waals surface area (Å²) in [6.07, 6.45) is -2.68. The third-order valence-electron chi connectivity index (χ3n) is 8.64. The van der Waals surface area contributed by atoms with E-state index in [1.54, 1.807) is 24.3 Å². The molecule has 2 unspecified atom stereocenters. The van der Waals surface area contributed by atoms with Gasteiger partial charge in [-0.15, -0.1) is 0 Å². The minimum absolute atomic E-state index is 0.0104. The number of hydrogen-bond acceptors (Lipinski definition) is 3. The molecule has 0 bridgehead atoms. The van der Waals surface area contributed by atoms with Crippen molar-refractivity contribution >= 4 is 11.8 Å². The Morgan fingerprint density at radius 3 is 2.22 bits per heavy atom. The maximum atomic E-state index is 13.4. The van der Waals surface area contributed by atoms with E-state index in [9.17, 15) is 32.3 Å². The van der Waals surface area contributed by atoms with Gasteiger partial charge in [0.15, 0.2) is 0 Å². The van der Waals surface area contributed by atoms with E-state index in [0.717, 1.165) is 27.8 Å². The molecule has 1 heterocycles.